The predicted octanol–water partition coefficient (Wildman–Crippen LogP) is 1.77. The molecule has 0 aromatic carbocycles. The largest absolute Gasteiger partial charge is 0.369 e. The molecule has 0 radical (unpaired) electrons. The standard InChI is InChI=1S/C11H12ClN7/c12-11-17-9(7-6-16-19-10(7)18-11)15-3-1-2-8-13-4-5-14-8/h4-6H,1-3H2,(H,13,14)(H2,15,16,17,18,19). The van der Waals surface area contributed by atoms with Gasteiger partial charge in [-0.2, -0.15) is 15.1 Å². The summed E-state index contributed by atoms with van der Waals surface area (Å²) in [7, 11) is 0. The quantitative estimate of drug-likeness (QED) is 0.488. The van der Waals surface area contributed by atoms with E-state index in [1.807, 2.05) is 6.20 Å². The molecule has 0 fully saturated rings. The molecule has 98 valence electrons. The number of H-pyrrole nitrogens is 2. The van der Waals surface area contributed by atoms with Gasteiger partial charge in [0, 0.05) is 25.4 Å². The van der Waals surface area contributed by atoms with Gasteiger partial charge < -0.3 is 10.3 Å². The number of rotatable bonds is 5. The molecule has 7 nitrogen and oxygen atoms in total. The third kappa shape index (κ3) is 2.65. The maximum absolute atomic E-state index is 5.85. The Bertz CT molecular complexity index is 661. The predicted molar refractivity (Wildman–Crippen MR) is 72.1 cm³/mol. The first-order valence-corrected chi connectivity index (χ1v) is 6.29. The van der Waals surface area contributed by atoms with Gasteiger partial charge in [0.1, 0.15) is 11.6 Å². The minimum atomic E-state index is 0.199. The summed E-state index contributed by atoms with van der Waals surface area (Å²) in [6.07, 6.45) is 7.08. The minimum Gasteiger partial charge on any atom is -0.369 e. The molecule has 0 spiro atoms. The Morgan fingerprint density at radius 2 is 2.26 bits per heavy atom. The molecule has 3 rings (SSSR count). The Hall–Kier alpha value is -2.15. The number of hydrogen-bond acceptors (Lipinski definition) is 5. The molecule has 0 bridgehead atoms. The summed E-state index contributed by atoms with van der Waals surface area (Å²) in [5.41, 5.74) is 0.633. The molecule has 0 unspecified atom stereocenters. The second-order valence-electron chi connectivity index (χ2n) is 4.04. The van der Waals surface area contributed by atoms with E-state index in [1.165, 1.54) is 0 Å². The lowest BCUT2D eigenvalue weighted by atomic mass is 10.3. The molecular formula is C11H12ClN7. The molecule has 0 amide bonds. The molecule has 0 aliphatic rings. The number of aromatic amines is 2. The maximum Gasteiger partial charge on any atom is 0.226 e. The molecule has 3 aromatic heterocycles. The molecule has 0 aliphatic carbocycles. The number of imidazole rings is 1. The van der Waals surface area contributed by atoms with E-state index in [-0.39, 0.29) is 5.28 Å². The van der Waals surface area contributed by atoms with Gasteiger partial charge in [0.2, 0.25) is 5.28 Å². The first-order valence-electron chi connectivity index (χ1n) is 5.91. The van der Waals surface area contributed by atoms with E-state index in [0.29, 0.717) is 11.5 Å². The van der Waals surface area contributed by atoms with Crippen LogP contribution in [-0.2, 0) is 6.42 Å². The van der Waals surface area contributed by atoms with Gasteiger partial charge >= 0.3 is 0 Å². The lowest BCUT2D eigenvalue weighted by molar-refractivity contribution is 0.814. The third-order valence-corrected chi connectivity index (χ3v) is 2.89. The van der Waals surface area contributed by atoms with Gasteiger partial charge in [-0.15, -0.1) is 0 Å². The number of nitrogens with one attached hydrogen (secondary N) is 3. The normalized spacial score (nSPS) is 11.0. The maximum atomic E-state index is 5.85. The molecule has 8 heteroatoms. The number of aromatic nitrogens is 6. The third-order valence-electron chi connectivity index (χ3n) is 2.72. The molecule has 3 N–H and O–H groups in total. The van der Waals surface area contributed by atoms with Crippen molar-refractivity contribution < 1.29 is 0 Å². The molecule has 3 aromatic rings. The Balaban J connectivity index is 1.63. The highest BCUT2D eigenvalue weighted by atomic mass is 35.5. The van der Waals surface area contributed by atoms with Crippen LogP contribution in [0.1, 0.15) is 12.2 Å². The van der Waals surface area contributed by atoms with Crippen molar-refractivity contribution in [2.75, 3.05) is 11.9 Å². The Morgan fingerprint density at radius 3 is 3.11 bits per heavy atom. The van der Waals surface area contributed by atoms with E-state index in [2.05, 4.69) is 35.5 Å². The van der Waals surface area contributed by atoms with Crippen molar-refractivity contribution in [3.8, 4) is 0 Å². The van der Waals surface area contributed by atoms with Gasteiger partial charge in [-0.1, -0.05) is 0 Å². The minimum absolute atomic E-state index is 0.199. The lowest BCUT2D eigenvalue weighted by Crippen LogP contribution is -2.06. The van der Waals surface area contributed by atoms with E-state index in [0.717, 1.165) is 30.6 Å². The lowest BCUT2D eigenvalue weighted by Gasteiger charge is -2.05. The molecule has 0 saturated heterocycles. The average Bonchev–Trinajstić information content (AvgIpc) is 3.04. The SMILES string of the molecule is Clc1nc(NCCCc2ncc[nH]2)c2cn[nH]c2n1. The molecular weight excluding hydrogens is 266 g/mol. The van der Waals surface area contributed by atoms with Gasteiger partial charge in [-0.3, -0.25) is 5.10 Å². The molecule has 0 saturated carbocycles. The van der Waals surface area contributed by atoms with Gasteiger partial charge in [0.15, 0.2) is 5.65 Å². The number of nitrogens with zero attached hydrogens (tertiary/aromatic N) is 4. The summed E-state index contributed by atoms with van der Waals surface area (Å²) in [6.45, 7) is 0.772. The number of halogens is 1. The van der Waals surface area contributed by atoms with Crippen molar-refractivity contribution in [3.05, 3.63) is 29.7 Å². The number of aryl methyl sites for hydroxylation is 1. The number of fused-ring (bicyclic) bond motifs is 1. The van der Waals surface area contributed by atoms with Crippen molar-refractivity contribution in [2.24, 2.45) is 0 Å². The zero-order chi connectivity index (χ0) is 13.1. The summed E-state index contributed by atoms with van der Waals surface area (Å²) in [5.74, 6) is 1.68. The van der Waals surface area contributed by atoms with Gasteiger partial charge in [-0.05, 0) is 18.0 Å². The van der Waals surface area contributed by atoms with E-state index >= 15 is 0 Å². The second kappa shape index (κ2) is 5.23. The fourth-order valence-electron chi connectivity index (χ4n) is 1.84. The summed E-state index contributed by atoms with van der Waals surface area (Å²) in [5, 5.41) is 11.0. The highest BCUT2D eigenvalue weighted by Gasteiger charge is 2.07. The van der Waals surface area contributed by atoms with Crippen LogP contribution in [-0.4, -0.2) is 36.7 Å². The summed E-state index contributed by atoms with van der Waals surface area (Å²) in [6, 6.07) is 0. The molecule has 0 aliphatic heterocycles. The fraction of sp³-hybridized carbons (Fsp3) is 0.273. The van der Waals surface area contributed by atoms with Crippen LogP contribution in [0.3, 0.4) is 0 Å². The summed E-state index contributed by atoms with van der Waals surface area (Å²) >= 11 is 5.85. The van der Waals surface area contributed by atoms with Crippen molar-refractivity contribution in [1.29, 1.82) is 0 Å². The van der Waals surface area contributed by atoms with Crippen LogP contribution in [0.4, 0.5) is 5.82 Å². The van der Waals surface area contributed by atoms with Crippen LogP contribution >= 0.6 is 11.6 Å². The van der Waals surface area contributed by atoms with Crippen molar-refractivity contribution in [1.82, 2.24) is 30.1 Å². The highest BCUT2D eigenvalue weighted by Crippen LogP contribution is 2.19. The van der Waals surface area contributed by atoms with Crippen molar-refractivity contribution in [2.45, 2.75) is 12.8 Å². The first kappa shape index (κ1) is 11.9. The van der Waals surface area contributed by atoms with Crippen LogP contribution in [0, 0.1) is 0 Å². The van der Waals surface area contributed by atoms with E-state index in [9.17, 15) is 0 Å². The fourth-order valence-corrected chi connectivity index (χ4v) is 2.01. The average molecular weight is 278 g/mol. The molecule has 19 heavy (non-hydrogen) atoms. The van der Waals surface area contributed by atoms with E-state index < -0.39 is 0 Å². The Morgan fingerprint density at radius 1 is 1.32 bits per heavy atom. The second-order valence-corrected chi connectivity index (χ2v) is 4.38. The number of anilines is 1. The molecule has 3 heterocycles. The van der Waals surface area contributed by atoms with Crippen LogP contribution < -0.4 is 5.32 Å². The Kier molecular flexibility index (Phi) is 3.28. The van der Waals surface area contributed by atoms with Crippen molar-refractivity contribution in [3.63, 3.8) is 0 Å². The monoisotopic (exact) mass is 277 g/mol. The zero-order valence-corrected chi connectivity index (χ0v) is 10.8. The first-order chi connectivity index (χ1) is 9.33. The number of hydrogen-bond donors (Lipinski definition) is 3. The summed E-state index contributed by atoms with van der Waals surface area (Å²) in [4.78, 5) is 15.5. The summed E-state index contributed by atoms with van der Waals surface area (Å²) < 4.78 is 0. The van der Waals surface area contributed by atoms with E-state index in [4.69, 9.17) is 11.6 Å². The topological polar surface area (TPSA) is 95.2 Å². The van der Waals surface area contributed by atoms with Gasteiger partial charge in [0.25, 0.3) is 0 Å². The van der Waals surface area contributed by atoms with Gasteiger partial charge in [0.05, 0.1) is 11.6 Å². The van der Waals surface area contributed by atoms with E-state index in [1.54, 1.807) is 12.4 Å². The smallest absolute Gasteiger partial charge is 0.226 e. The van der Waals surface area contributed by atoms with Crippen molar-refractivity contribution >= 4 is 28.5 Å². The highest BCUT2D eigenvalue weighted by molar-refractivity contribution is 6.28. The van der Waals surface area contributed by atoms with Crippen LogP contribution in [0.15, 0.2) is 18.6 Å². The van der Waals surface area contributed by atoms with Crippen LogP contribution in [0.5, 0.6) is 0 Å². The zero-order valence-electron chi connectivity index (χ0n) is 10.0. The Labute approximate surface area is 113 Å². The van der Waals surface area contributed by atoms with Crippen LogP contribution in [0.25, 0.3) is 11.0 Å². The van der Waals surface area contributed by atoms with Crippen LogP contribution in [0.2, 0.25) is 5.28 Å². The van der Waals surface area contributed by atoms with Gasteiger partial charge in [-0.25, -0.2) is 4.98 Å². The molecule has 0 atom stereocenters.